The van der Waals surface area contributed by atoms with Crippen LogP contribution in [0.1, 0.15) is 55.4 Å². The second-order valence-electron chi connectivity index (χ2n) is 8.66. The van der Waals surface area contributed by atoms with Gasteiger partial charge in [0.2, 0.25) is 10.0 Å². The molecule has 2 aliphatic heterocycles. The molecule has 1 unspecified atom stereocenters. The Balaban J connectivity index is 1.54. The minimum Gasteiger partial charge on any atom is -0.491 e. The highest BCUT2D eigenvalue weighted by molar-refractivity contribution is 7.88. The number of rotatable bonds is 6. The molecular formula is C22H30N4O4S. The van der Waals surface area contributed by atoms with E-state index in [0.717, 1.165) is 31.7 Å². The van der Waals surface area contributed by atoms with Crippen molar-refractivity contribution in [2.75, 3.05) is 19.3 Å². The molecule has 0 saturated carbocycles. The van der Waals surface area contributed by atoms with Crippen molar-refractivity contribution < 1.29 is 13.2 Å². The van der Waals surface area contributed by atoms with Crippen molar-refractivity contribution in [1.82, 2.24) is 19.2 Å². The summed E-state index contributed by atoms with van der Waals surface area (Å²) in [4.78, 5) is 22.7. The smallest absolute Gasteiger partial charge is 0.254 e. The number of fused-ring (bicyclic) bond motifs is 1. The highest BCUT2D eigenvalue weighted by Gasteiger charge is 2.31. The van der Waals surface area contributed by atoms with Gasteiger partial charge < -0.3 is 9.72 Å². The van der Waals surface area contributed by atoms with E-state index in [2.05, 4.69) is 22.0 Å². The Labute approximate surface area is 183 Å². The second kappa shape index (κ2) is 8.72. The topological polar surface area (TPSA) is 95.6 Å². The van der Waals surface area contributed by atoms with Gasteiger partial charge in [-0.25, -0.2) is 13.4 Å². The number of benzene rings is 1. The first-order chi connectivity index (χ1) is 14.7. The molecule has 0 aliphatic carbocycles. The quantitative estimate of drug-likeness (QED) is 0.731. The third kappa shape index (κ3) is 4.99. The highest BCUT2D eigenvalue weighted by Crippen LogP contribution is 2.32. The zero-order chi connectivity index (χ0) is 22.2. The largest absolute Gasteiger partial charge is 0.491 e. The fraction of sp³-hybridized carbons (Fsp3) is 0.545. The molecule has 1 aromatic carbocycles. The minimum absolute atomic E-state index is 0.0122. The molecule has 9 heteroatoms. The Kier molecular flexibility index (Phi) is 6.18. The second-order valence-corrected chi connectivity index (χ2v) is 10.6. The van der Waals surface area contributed by atoms with E-state index in [0.29, 0.717) is 30.0 Å². The van der Waals surface area contributed by atoms with Crippen LogP contribution in [0.3, 0.4) is 0 Å². The summed E-state index contributed by atoms with van der Waals surface area (Å²) < 4.78 is 31.0. The molecule has 1 N–H and O–H groups in total. The Bertz CT molecular complexity index is 1100. The van der Waals surface area contributed by atoms with Crippen LogP contribution in [0.4, 0.5) is 0 Å². The van der Waals surface area contributed by atoms with Gasteiger partial charge in [-0.15, -0.1) is 0 Å². The van der Waals surface area contributed by atoms with Gasteiger partial charge in [-0.2, -0.15) is 4.31 Å². The molecule has 2 aliphatic rings. The van der Waals surface area contributed by atoms with Gasteiger partial charge in [-0.1, -0.05) is 12.1 Å². The molecule has 0 radical (unpaired) electrons. The summed E-state index contributed by atoms with van der Waals surface area (Å²) in [6.07, 6.45) is 3.66. The van der Waals surface area contributed by atoms with E-state index in [1.165, 1.54) is 16.1 Å². The van der Waals surface area contributed by atoms with Gasteiger partial charge in [0.25, 0.3) is 5.56 Å². The first-order valence-electron chi connectivity index (χ1n) is 10.8. The molecule has 31 heavy (non-hydrogen) atoms. The number of nitrogens with zero attached hydrogens (tertiary/aromatic N) is 3. The van der Waals surface area contributed by atoms with Crippen molar-refractivity contribution in [3.8, 4) is 5.75 Å². The van der Waals surface area contributed by atoms with Gasteiger partial charge in [0.15, 0.2) is 0 Å². The van der Waals surface area contributed by atoms with Crippen molar-refractivity contribution in [3.05, 3.63) is 57.3 Å². The van der Waals surface area contributed by atoms with E-state index >= 15 is 0 Å². The third-order valence-electron chi connectivity index (χ3n) is 5.89. The molecule has 1 aromatic heterocycles. The average molecular weight is 447 g/mol. The summed E-state index contributed by atoms with van der Waals surface area (Å²) in [5, 5.41) is 0. The lowest BCUT2D eigenvalue weighted by atomic mass is 10.1. The molecule has 1 saturated heterocycles. The van der Waals surface area contributed by atoms with Gasteiger partial charge in [-0.05, 0) is 57.4 Å². The predicted molar refractivity (Wildman–Crippen MR) is 118 cm³/mol. The number of likely N-dealkylation sites (tertiary alicyclic amines) is 1. The lowest BCUT2D eigenvalue weighted by Crippen LogP contribution is -2.39. The molecule has 2 aromatic rings. The number of sulfonamides is 1. The van der Waals surface area contributed by atoms with Gasteiger partial charge in [0, 0.05) is 18.7 Å². The van der Waals surface area contributed by atoms with Crippen LogP contribution in [-0.2, 0) is 29.5 Å². The molecule has 3 heterocycles. The number of hydrogen-bond acceptors (Lipinski definition) is 6. The summed E-state index contributed by atoms with van der Waals surface area (Å²) in [5.74, 6) is 1.49. The summed E-state index contributed by atoms with van der Waals surface area (Å²) >= 11 is 0. The normalized spacial score (nSPS) is 20.2. The number of aromatic nitrogens is 2. The SMILES string of the molecule is CC(C)Oc1ccc(CN2CCCC2c2nc3c(c(=O)[nH]2)CCN(S(C)(=O)=O)C3)cc1. The van der Waals surface area contributed by atoms with Crippen LogP contribution in [0.2, 0.25) is 0 Å². The molecule has 1 fully saturated rings. The molecule has 4 rings (SSSR count). The van der Waals surface area contributed by atoms with E-state index in [-0.39, 0.29) is 24.2 Å². The maximum atomic E-state index is 12.7. The van der Waals surface area contributed by atoms with Crippen molar-refractivity contribution in [3.63, 3.8) is 0 Å². The van der Waals surface area contributed by atoms with Crippen LogP contribution in [0.25, 0.3) is 0 Å². The van der Waals surface area contributed by atoms with Crippen molar-refractivity contribution >= 4 is 10.0 Å². The number of H-pyrrole nitrogens is 1. The Morgan fingerprint density at radius 1 is 1.23 bits per heavy atom. The van der Waals surface area contributed by atoms with Crippen LogP contribution in [0.15, 0.2) is 29.1 Å². The number of ether oxygens (including phenoxy) is 1. The van der Waals surface area contributed by atoms with Crippen molar-refractivity contribution in [2.45, 2.75) is 58.3 Å². The molecule has 1 atom stereocenters. The fourth-order valence-electron chi connectivity index (χ4n) is 4.38. The monoisotopic (exact) mass is 446 g/mol. The van der Waals surface area contributed by atoms with E-state index in [9.17, 15) is 13.2 Å². The molecule has 168 valence electrons. The van der Waals surface area contributed by atoms with Gasteiger partial charge >= 0.3 is 0 Å². The molecule has 8 nitrogen and oxygen atoms in total. The first-order valence-corrected chi connectivity index (χ1v) is 12.6. The first kappa shape index (κ1) is 22.0. The Morgan fingerprint density at radius 2 is 1.97 bits per heavy atom. The molecule has 0 bridgehead atoms. The maximum absolute atomic E-state index is 12.7. The van der Waals surface area contributed by atoms with Crippen LogP contribution < -0.4 is 10.3 Å². The zero-order valence-corrected chi connectivity index (χ0v) is 19.1. The summed E-state index contributed by atoms with van der Waals surface area (Å²) in [6.45, 7) is 6.17. The summed E-state index contributed by atoms with van der Waals surface area (Å²) in [7, 11) is -3.32. The van der Waals surface area contributed by atoms with E-state index in [1.54, 1.807) is 0 Å². The summed E-state index contributed by atoms with van der Waals surface area (Å²) in [6, 6.07) is 8.12. The molecular weight excluding hydrogens is 416 g/mol. The minimum atomic E-state index is -3.32. The lowest BCUT2D eigenvalue weighted by Gasteiger charge is -2.28. The van der Waals surface area contributed by atoms with Crippen LogP contribution in [-0.4, -0.2) is 53.0 Å². The number of hydrogen-bond donors (Lipinski definition) is 1. The standard InChI is InChI=1S/C22H30N4O4S/c1-15(2)30-17-8-6-16(7-9-17)13-25-11-4-5-20(25)21-23-19-14-26(31(3,28)29)12-10-18(19)22(27)24-21/h6-9,15,20H,4-5,10-14H2,1-3H3,(H,23,24,27). The van der Waals surface area contributed by atoms with Crippen molar-refractivity contribution in [1.29, 1.82) is 0 Å². The van der Waals surface area contributed by atoms with Gasteiger partial charge in [0.05, 0.1) is 30.6 Å². The third-order valence-corrected chi connectivity index (χ3v) is 7.14. The number of aromatic amines is 1. The fourth-order valence-corrected chi connectivity index (χ4v) is 5.16. The van der Waals surface area contributed by atoms with Gasteiger partial charge in [0.1, 0.15) is 11.6 Å². The van der Waals surface area contributed by atoms with E-state index in [1.807, 2.05) is 26.0 Å². The average Bonchev–Trinajstić information content (AvgIpc) is 3.16. The number of nitrogens with one attached hydrogen (secondary N) is 1. The maximum Gasteiger partial charge on any atom is 0.254 e. The van der Waals surface area contributed by atoms with Crippen molar-refractivity contribution in [2.24, 2.45) is 0 Å². The predicted octanol–water partition coefficient (Wildman–Crippen LogP) is 2.21. The van der Waals surface area contributed by atoms with Gasteiger partial charge in [-0.3, -0.25) is 9.69 Å². The van der Waals surface area contributed by atoms with Crippen LogP contribution in [0, 0.1) is 0 Å². The van der Waals surface area contributed by atoms with Crippen LogP contribution >= 0.6 is 0 Å². The highest BCUT2D eigenvalue weighted by atomic mass is 32.2. The summed E-state index contributed by atoms with van der Waals surface area (Å²) in [5.41, 5.74) is 2.22. The lowest BCUT2D eigenvalue weighted by molar-refractivity contribution is 0.236. The molecule has 0 amide bonds. The van der Waals surface area contributed by atoms with E-state index < -0.39 is 10.0 Å². The van der Waals surface area contributed by atoms with E-state index in [4.69, 9.17) is 9.72 Å². The zero-order valence-electron chi connectivity index (χ0n) is 18.3. The van der Waals surface area contributed by atoms with Crippen LogP contribution in [0.5, 0.6) is 5.75 Å². The Hall–Kier alpha value is -2.23. The Morgan fingerprint density at radius 3 is 2.65 bits per heavy atom. The molecule has 0 spiro atoms.